The molecule has 32 heavy (non-hydrogen) atoms. The standard InChI is InChI=1S/C22H24N6O4/c1-13-6-8-14(9-7-13)11-28-12-23-18-17(28)21(31-16-5-3-4-15(10-16)30-2)25-19(24-18)20-26-22(29)32-27-20/h3-5,10,12-14H,6-9,11H2,1-2H3,(H,26,27,29)/t13-,14-. The van der Waals surface area contributed by atoms with Gasteiger partial charge in [-0.15, -0.1) is 0 Å². The molecule has 0 radical (unpaired) electrons. The molecular formula is C22H24N6O4. The number of nitrogens with one attached hydrogen (secondary N) is 1. The Kier molecular flexibility index (Phi) is 5.34. The van der Waals surface area contributed by atoms with Gasteiger partial charge in [-0.3, -0.25) is 9.51 Å². The summed E-state index contributed by atoms with van der Waals surface area (Å²) in [5, 5.41) is 3.70. The van der Waals surface area contributed by atoms with E-state index >= 15 is 0 Å². The van der Waals surface area contributed by atoms with Gasteiger partial charge in [-0.05, 0) is 36.8 Å². The fraction of sp³-hybridized carbons (Fsp3) is 0.409. The molecule has 166 valence electrons. The summed E-state index contributed by atoms with van der Waals surface area (Å²) in [6.07, 6.45) is 6.62. The monoisotopic (exact) mass is 436 g/mol. The second-order valence-electron chi connectivity index (χ2n) is 8.27. The Morgan fingerprint density at radius 1 is 1.19 bits per heavy atom. The van der Waals surface area contributed by atoms with E-state index in [9.17, 15) is 4.79 Å². The molecule has 10 heteroatoms. The van der Waals surface area contributed by atoms with Crippen LogP contribution in [0.4, 0.5) is 0 Å². The Balaban J connectivity index is 1.56. The van der Waals surface area contributed by atoms with Crippen molar-refractivity contribution >= 4 is 11.2 Å². The number of methoxy groups -OCH3 is 1. The second-order valence-corrected chi connectivity index (χ2v) is 8.27. The van der Waals surface area contributed by atoms with Crippen LogP contribution in [0.3, 0.4) is 0 Å². The molecule has 1 aliphatic rings. The summed E-state index contributed by atoms with van der Waals surface area (Å²) in [6.45, 7) is 3.13. The number of aromatic amines is 1. The van der Waals surface area contributed by atoms with E-state index in [1.54, 1.807) is 19.5 Å². The number of nitrogens with zero attached hydrogens (tertiary/aromatic N) is 5. The molecule has 1 saturated carbocycles. The third-order valence-corrected chi connectivity index (χ3v) is 5.94. The van der Waals surface area contributed by atoms with E-state index in [1.807, 2.05) is 18.2 Å². The Bertz CT molecular complexity index is 1290. The van der Waals surface area contributed by atoms with Crippen LogP contribution in [0, 0.1) is 11.8 Å². The van der Waals surface area contributed by atoms with Crippen molar-refractivity contribution in [3.05, 3.63) is 41.1 Å². The molecule has 0 bridgehead atoms. The molecule has 3 aromatic heterocycles. The lowest BCUT2D eigenvalue weighted by molar-refractivity contribution is 0.266. The molecule has 3 heterocycles. The van der Waals surface area contributed by atoms with Crippen molar-refractivity contribution in [1.82, 2.24) is 29.7 Å². The lowest BCUT2D eigenvalue weighted by Crippen LogP contribution is -2.17. The minimum atomic E-state index is -0.684. The summed E-state index contributed by atoms with van der Waals surface area (Å²) in [4.78, 5) is 27.4. The third-order valence-electron chi connectivity index (χ3n) is 5.94. The second kappa shape index (κ2) is 8.45. The van der Waals surface area contributed by atoms with Crippen LogP contribution in [0.2, 0.25) is 0 Å². The Labute approximate surface area is 183 Å². The molecule has 0 saturated heterocycles. The summed E-state index contributed by atoms with van der Waals surface area (Å²) in [6, 6.07) is 7.26. The van der Waals surface area contributed by atoms with Gasteiger partial charge in [0.25, 0.3) is 0 Å². The van der Waals surface area contributed by atoms with E-state index < -0.39 is 5.76 Å². The Hall–Kier alpha value is -3.69. The predicted octanol–water partition coefficient (Wildman–Crippen LogP) is 3.80. The molecule has 0 unspecified atom stereocenters. The number of fused-ring (bicyclic) bond motifs is 1. The van der Waals surface area contributed by atoms with Crippen LogP contribution in [-0.4, -0.2) is 36.8 Å². The van der Waals surface area contributed by atoms with Gasteiger partial charge in [-0.1, -0.05) is 31.0 Å². The first-order valence-electron chi connectivity index (χ1n) is 10.7. The van der Waals surface area contributed by atoms with Crippen molar-refractivity contribution in [3.8, 4) is 29.0 Å². The van der Waals surface area contributed by atoms with Gasteiger partial charge in [0.05, 0.1) is 13.4 Å². The lowest BCUT2D eigenvalue weighted by Gasteiger charge is -2.26. The smallest absolute Gasteiger partial charge is 0.439 e. The van der Waals surface area contributed by atoms with E-state index in [0.29, 0.717) is 34.5 Å². The maximum atomic E-state index is 11.4. The zero-order valence-corrected chi connectivity index (χ0v) is 17.9. The van der Waals surface area contributed by atoms with Gasteiger partial charge in [0.15, 0.2) is 11.2 Å². The number of aromatic nitrogens is 6. The number of hydrogen-bond donors (Lipinski definition) is 1. The van der Waals surface area contributed by atoms with Crippen LogP contribution >= 0.6 is 0 Å². The van der Waals surface area contributed by atoms with E-state index in [0.717, 1.165) is 12.5 Å². The van der Waals surface area contributed by atoms with Gasteiger partial charge >= 0.3 is 5.76 Å². The Morgan fingerprint density at radius 2 is 2.00 bits per heavy atom. The number of benzene rings is 1. The van der Waals surface area contributed by atoms with Crippen molar-refractivity contribution in [3.63, 3.8) is 0 Å². The van der Waals surface area contributed by atoms with Crippen LogP contribution in [0.15, 0.2) is 39.9 Å². The number of imidazole rings is 1. The summed E-state index contributed by atoms with van der Waals surface area (Å²) in [5.41, 5.74) is 1.15. The van der Waals surface area contributed by atoms with Crippen molar-refractivity contribution in [2.45, 2.75) is 39.2 Å². The van der Waals surface area contributed by atoms with Gasteiger partial charge in [-0.2, -0.15) is 4.98 Å². The molecule has 4 aromatic rings. The predicted molar refractivity (Wildman–Crippen MR) is 116 cm³/mol. The maximum Gasteiger partial charge on any atom is 0.439 e. The quantitative estimate of drug-likeness (QED) is 0.484. The molecule has 1 N–H and O–H groups in total. The highest BCUT2D eigenvalue weighted by atomic mass is 16.5. The summed E-state index contributed by atoms with van der Waals surface area (Å²) < 4.78 is 18.1. The molecule has 1 fully saturated rings. The molecule has 0 aliphatic heterocycles. The lowest BCUT2D eigenvalue weighted by atomic mass is 9.83. The SMILES string of the molecule is COc1cccc(Oc2nc(-c3noc(=O)[nH]3)nc3ncn(C[C@H]4CC[C@H](C)CC4)c23)c1. The van der Waals surface area contributed by atoms with Crippen LogP contribution < -0.4 is 15.2 Å². The van der Waals surface area contributed by atoms with E-state index in [1.165, 1.54) is 25.7 Å². The van der Waals surface area contributed by atoms with Gasteiger partial charge < -0.3 is 14.0 Å². The number of ether oxygens (including phenoxy) is 2. The first-order chi connectivity index (χ1) is 15.6. The number of hydrogen-bond acceptors (Lipinski definition) is 8. The maximum absolute atomic E-state index is 11.4. The molecule has 1 aliphatic carbocycles. The molecular weight excluding hydrogens is 412 g/mol. The van der Waals surface area contributed by atoms with E-state index in [2.05, 4.69) is 41.1 Å². The summed E-state index contributed by atoms with van der Waals surface area (Å²) in [7, 11) is 1.60. The van der Waals surface area contributed by atoms with Crippen molar-refractivity contribution < 1.29 is 14.0 Å². The van der Waals surface area contributed by atoms with Gasteiger partial charge in [0.2, 0.25) is 17.5 Å². The van der Waals surface area contributed by atoms with Gasteiger partial charge in [0, 0.05) is 12.6 Å². The minimum Gasteiger partial charge on any atom is -0.497 e. The minimum absolute atomic E-state index is 0.114. The Morgan fingerprint density at radius 3 is 2.75 bits per heavy atom. The first kappa shape index (κ1) is 20.2. The fourth-order valence-corrected chi connectivity index (χ4v) is 4.15. The average molecular weight is 436 g/mol. The highest BCUT2D eigenvalue weighted by Crippen LogP contribution is 2.33. The first-order valence-corrected chi connectivity index (χ1v) is 10.7. The van der Waals surface area contributed by atoms with Crippen LogP contribution in [0.1, 0.15) is 32.6 Å². The van der Waals surface area contributed by atoms with E-state index in [-0.39, 0.29) is 11.6 Å². The topological polar surface area (TPSA) is 121 Å². The zero-order chi connectivity index (χ0) is 22.1. The number of rotatable bonds is 6. The fourth-order valence-electron chi connectivity index (χ4n) is 4.15. The van der Waals surface area contributed by atoms with Crippen molar-refractivity contribution in [2.75, 3.05) is 7.11 Å². The highest BCUT2D eigenvalue weighted by Gasteiger charge is 2.23. The molecule has 0 spiro atoms. The van der Waals surface area contributed by atoms with Crippen molar-refractivity contribution in [2.24, 2.45) is 11.8 Å². The van der Waals surface area contributed by atoms with E-state index in [4.69, 9.17) is 9.47 Å². The van der Waals surface area contributed by atoms with Crippen molar-refractivity contribution in [1.29, 1.82) is 0 Å². The summed E-state index contributed by atoms with van der Waals surface area (Å²) >= 11 is 0. The normalized spacial score (nSPS) is 18.7. The zero-order valence-electron chi connectivity index (χ0n) is 17.9. The van der Waals surface area contributed by atoms with Gasteiger partial charge in [-0.25, -0.2) is 14.8 Å². The van der Waals surface area contributed by atoms with Crippen LogP contribution in [0.25, 0.3) is 22.8 Å². The van der Waals surface area contributed by atoms with Crippen LogP contribution in [0.5, 0.6) is 17.4 Å². The molecule has 5 rings (SSSR count). The van der Waals surface area contributed by atoms with Gasteiger partial charge in [0.1, 0.15) is 11.5 Å². The molecule has 0 amide bonds. The highest BCUT2D eigenvalue weighted by molar-refractivity contribution is 5.78. The third kappa shape index (κ3) is 4.08. The number of H-pyrrole nitrogens is 1. The molecule has 10 nitrogen and oxygen atoms in total. The van der Waals surface area contributed by atoms with Crippen LogP contribution in [-0.2, 0) is 6.54 Å². The summed E-state index contributed by atoms with van der Waals surface area (Å²) in [5.74, 6) is 2.50. The molecule has 0 atom stereocenters. The largest absolute Gasteiger partial charge is 0.497 e. The average Bonchev–Trinajstić information content (AvgIpc) is 3.42. The molecule has 1 aromatic carbocycles.